The van der Waals surface area contributed by atoms with Gasteiger partial charge in [-0.05, 0) is 35.1 Å². The van der Waals surface area contributed by atoms with Gasteiger partial charge in [0.15, 0.2) is 0 Å². The van der Waals surface area contributed by atoms with Crippen LogP contribution in [0.3, 0.4) is 0 Å². The number of carbonyl (C=O) groups is 1. The molecule has 0 saturated heterocycles. The van der Waals surface area contributed by atoms with Crippen LogP contribution in [0.5, 0.6) is 0 Å². The highest BCUT2D eigenvalue weighted by atomic mass is 16.1. The van der Waals surface area contributed by atoms with Crippen molar-refractivity contribution in [1.29, 1.82) is 0 Å². The van der Waals surface area contributed by atoms with Crippen molar-refractivity contribution in [2.75, 3.05) is 0 Å². The summed E-state index contributed by atoms with van der Waals surface area (Å²) in [6.07, 6.45) is 0.470. The lowest BCUT2D eigenvalue weighted by atomic mass is 9.98. The summed E-state index contributed by atoms with van der Waals surface area (Å²) in [5.74, 6) is 0.530. The maximum absolute atomic E-state index is 11.4. The molecule has 0 radical (unpaired) electrons. The summed E-state index contributed by atoms with van der Waals surface area (Å²) in [5.41, 5.74) is 9.35. The number of nitrogens with one attached hydrogen (secondary N) is 1. The first-order valence-corrected chi connectivity index (χ1v) is 8.19. The zero-order valence-electron chi connectivity index (χ0n) is 13.8. The van der Waals surface area contributed by atoms with Crippen LogP contribution in [0.15, 0.2) is 36.4 Å². The molecule has 118 valence electrons. The van der Waals surface area contributed by atoms with E-state index in [0.717, 1.165) is 0 Å². The molecule has 1 aromatic heterocycles. The molecule has 3 aromatic rings. The summed E-state index contributed by atoms with van der Waals surface area (Å²) >= 11 is 0. The molecule has 0 unspecified atom stereocenters. The maximum atomic E-state index is 11.4. The molecule has 1 fully saturated rings. The van der Waals surface area contributed by atoms with Crippen LogP contribution in [0.25, 0.3) is 21.7 Å². The molecule has 1 aliphatic carbocycles. The van der Waals surface area contributed by atoms with Crippen LogP contribution in [0.2, 0.25) is 0 Å². The van der Waals surface area contributed by atoms with E-state index < -0.39 is 0 Å². The van der Waals surface area contributed by atoms with E-state index in [1.165, 1.54) is 32.9 Å². The van der Waals surface area contributed by atoms with Crippen LogP contribution in [0.4, 0.5) is 0 Å². The number of fused-ring (bicyclic) bond motifs is 3. The minimum atomic E-state index is -0.200. The minimum absolute atomic E-state index is 0.126. The largest absolute Gasteiger partial charge is 0.370 e. The molecule has 1 heterocycles. The fourth-order valence-electron chi connectivity index (χ4n) is 4.40. The second kappa shape index (κ2) is 4.60. The van der Waals surface area contributed by atoms with E-state index in [1.807, 2.05) is 0 Å². The number of hydrogen-bond acceptors (Lipinski definition) is 1. The third kappa shape index (κ3) is 1.99. The molecule has 2 atom stereocenters. The van der Waals surface area contributed by atoms with Crippen LogP contribution in [-0.2, 0) is 4.79 Å². The standard InChI is InChI=1S/C20H22N2O/c1-11-17(18-15(10-16(21)23)20(18,2)3)14-9-8-12-6-4-5-7-13(12)19(14)22-11/h4-9,15,18,22H,10H2,1-3H3,(H2,21,23)/t15-,18-/m1/s1. The number of aromatic nitrogens is 1. The lowest BCUT2D eigenvalue weighted by molar-refractivity contribution is -0.118. The number of rotatable bonds is 3. The van der Waals surface area contributed by atoms with Crippen molar-refractivity contribution in [2.45, 2.75) is 33.1 Å². The number of nitrogens with two attached hydrogens (primary N) is 1. The molecule has 0 bridgehead atoms. The first-order chi connectivity index (χ1) is 10.9. The molecule has 2 aromatic carbocycles. The summed E-state index contributed by atoms with van der Waals surface area (Å²) in [6.45, 7) is 6.62. The molecule has 1 aliphatic rings. The highest BCUT2D eigenvalue weighted by Crippen LogP contribution is 2.67. The van der Waals surface area contributed by atoms with Gasteiger partial charge in [0.2, 0.25) is 5.91 Å². The number of primary amides is 1. The van der Waals surface area contributed by atoms with Gasteiger partial charge in [0.25, 0.3) is 0 Å². The van der Waals surface area contributed by atoms with E-state index in [4.69, 9.17) is 5.73 Å². The Bertz CT molecular complexity index is 935. The molecule has 0 spiro atoms. The first kappa shape index (κ1) is 14.3. The molecule has 3 nitrogen and oxygen atoms in total. The van der Waals surface area contributed by atoms with Crippen molar-refractivity contribution in [3.8, 4) is 0 Å². The van der Waals surface area contributed by atoms with Gasteiger partial charge in [-0.15, -0.1) is 0 Å². The predicted octanol–water partition coefficient (Wildman–Crippen LogP) is 4.24. The highest BCUT2D eigenvalue weighted by Gasteiger charge is 2.59. The fourth-order valence-corrected chi connectivity index (χ4v) is 4.40. The topological polar surface area (TPSA) is 58.9 Å². The Morgan fingerprint density at radius 3 is 2.65 bits per heavy atom. The van der Waals surface area contributed by atoms with E-state index >= 15 is 0 Å². The Morgan fingerprint density at radius 2 is 1.91 bits per heavy atom. The van der Waals surface area contributed by atoms with E-state index in [1.54, 1.807) is 0 Å². The monoisotopic (exact) mass is 306 g/mol. The third-order valence-electron chi connectivity index (χ3n) is 5.72. The molecule has 1 saturated carbocycles. The van der Waals surface area contributed by atoms with Crippen molar-refractivity contribution in [1.82, 2.24) is 4.98 Å². The molecular formula is C20H22N2O. The van der Waals surface area contributed by atoms with E-state index in [0.29, 0.717) is 18.3 Å². The van der Waals surface area contributed by atoms with Gasteiger partial charge >= 0.3 is 0 Å². The van der Waals surface area contributed by atoms with E-state index in [2.05, 4.69) is 62.2 Å². The average Bonchev–Trinajstić information content (AvgIpc) is 2.86. The summed E-state index contributed by atoms with van der Waals surface area (Å²) in [5, 5.41) is 3.78. The second-order valence-electron chi connectivity index (χ2n) is 7.45. The lowest BCUT2D eigenvalue weighted by Crippen LogP contribution is -2.12. The number of amides is 1. The Kier molecular flexibility index (Phi) is 2.87. The summed E-state index contributed by atoms with van der Waals surface area (Å²) < 4.78 is 0. The van der Waals surface area contributed by atoms with Gasteiger partial charge in [-0.2, -0.15) is 0 Å². The number of carbonyl (C=O) groups excluding carboxylic acids is 1. The normalized spacial score (nSPS) is 22.6. The number of H-pyrrole nitrogens is 1. The number of benzene rings is 2. The number of aromatic amines is 1. The lowest BCUT2D eigenvalue weighted by Gasteiger charge is -2.04. The molecule has 23 heavy (non-hydrogen) atoms. The highest BCUT2D eigenvalue weighted by molar-refractivity contribution is 6.07. The second-order valence-corrected chi connectivity index (χ2v) is 7.45. The van der Waals surface area contributed by atoms with Gasteiger partial charge in [0, 0.05) is 22.9 Å². The Morgan fingerprint density at radius 1 is 1.17 bits per heavy atom. The number of aryl methyl sites for hydroxylation is 1. The molecule has 3 heteroatoms. The zero-order chi connectivity index (χ0) is 16.4. The Hall–Kier alpha value is -2.29. The van der Waals surface area contributed by atoms with Crippen molar-refractivity contribution < 1.29 is 4.79 Å². The summed E-state index contributed by atoms with van der Waals surface area (Å²) in [6, 6.07) is 12.9. The maximum Gasteiger partial charge on any atom is 0.217 e. The van der Waals surface area contributed by atoms with Gasteiger partial charge < -0.3 is 10.7 Å². The van der Waals surface area contributed by atoms with Crippen LogP contribution < -0.4 is 5.73 Å². The van der Waals surface area contributed by atoms with Gasteiger partial charge in [-0.1, -0.05) is 50.2 Å². The van der Waals surface area contributed by atoms with E-state index in [9.17, 15) is 4.79 Å². The molecule has 0 aliphatic heterocycles. The zero-order valence-corrected chi connectivity index (χ0v) is 13.8. The van der Waals surface area contributed by atoms with Crippen molar-refractivity contribution in [3.63, 3.8) is 0 Å². The average molecular weight is 306 g/mol. The number of hydrogen-bond donors (Lipinski definition) is 2. The van der Waals surface area contributed by atoms with Crippen molar-refractivity contribution in [2.24, 2.45) is 17.1 Å². The first-order valence-electron chi connectivity index (χ1n) is 8.19. The van der Waals surface area contributed by atoms with Gasteiger partial charge in [0.1, 0.15) is 0 Å². The van der Waals surface area contributed by atoms with Crippen molar-refractivity contribution >= 4 is 27.6 Å². The van der Waals surface area contributed by atoms with Crippen LogP contribution in [-0.4, -0.2) is 10.9 Å². The van der Waals surface area contributed by atoms with Gasteiger partial charge in [-0.25, -0.2) is 0 Å². The van der Waals surface area contributed by atoms with E-state index in [-0.39, 0.29) is 11.3 Å². The predicted molar refractivity (Wildman–Crippen MR) is 94.4 cm³/mol. The summed E-state index contributed by atoms with van der Waals surface area (Å²) in [7, 11) is 0. The SMILES string of the molecule is Cc1[nH]c2c(ccc3ccccc32)c1[C@H]1[C@@H](CC(N)=O)C1(C)C. The third-order valence-corrected chi connectivity index (χ3v) is 5.72. The molecular weight excluding hydrogens is 284 g/mol. The van der Waals surface area contributed by atoms with Crippen molar-refractivity contribution in [3.05, 3.63) is 47.7 Å². The molecule has 3 N–H and O–H groups in total. The van der Waals surface area contributed by atoms with Crippen LogP contribution in [0.1, 0.15) is 37.4 Å². The quantitative estimate of drug-likeness (QED) is 0.747. The smallest absolute Gasteiger partial charge is 0.217 e. The van der Waals surface area contributed by atoms with Gasteiger partial charge in [0.05, 0.1) is 5.52 Å². The minimum Gasteiger partial charge on any atom is -0.370 e. The van der Waals surface area contributed by atoms with Crippen LogP contribution in [0, 0.1) is 18.3 Å². The molecule has 1 amide bonds. The van der Waals surface area contributed by atoms with Gasteiger partial charge in [-0.3, -0.25) is 4.79 Å². The Balaban J connectivity index is 1.90. The Labute approximate surface area is 135 Å². The summed E-state index contributed by atoms with van der Waals surface area (Å²) in [4.78, 5) is 15.0. The fraction of sp³-hybridized carbons (Fsp3) is 0.350. The van der Waals surface area contributed by atoms with Crippen LogP contribution >= 0.6 is 0 Å². The molecule has 4 rings (SSSR count).